The first-order chi connectivity index (χ1) is 15.4. The minimum atomic E-state index is -0.231. The number of nitrogens with one attached hydrogen (secondary N) is 1. The van der Waals surface area contributed by atoms with E-state index in [2.05, 4.69) is 10.2 Å². The molecule has 4 rings (SSSR count). The normalized spacial score (nSPS) is 14.4. The summed E-state index contributed by atoms with van der Waals surface area (Å²) in [5.74, 6) is 0.870. The maximum absolute atomic E-state index is 12.5. The zero-order chi connectivity index (χ0) is 22.7. The van der Waals surface area contributed by atoms with E-state index in [9.17, 15) is 9.59 Å². The Labute approximate surface area is 187 Å². The number of aryl methyl sites for hydroxylation is 2. The molecule has 0 radical (unpaired) electrons. The second-order valence-electron chi connectivity index (χ2n) is 8.32. The molecule has 0 unspecified atom stereocenters. The summed E-state index contributed by atoms with van der Waals surface area (Å²) in [6.45, 7) is 5.33. The van der Waals surface area contributed by atoms with Crippen molar-refractivity contribution < 1.29 is 14.3 Å². The van der Waals surface area contributed by atoms with Crippen LogP contribution in [-0.2, 0) is 9.59 Å². The van der Waals surface area contributed by atoms with Gasteiger partial charge in [-0.3, -0.25) is 9.59 Å². The van der Waals surface area contributed by atoms with Crippen LogP contribution in [0.2, 0.25) is 0 Å². The zero-order valence-electron chi connectivity index (χ0n) is 18.4. The van der Waals surface area contributed by atoms with E-state index in [4.69, 9.17) is 15.5 Å². The van der Waals surface area contributed by atoms with Crippen LogP contribution in [0.1, 0.15) is 24.0 Å². The number of pyridine rings is 1. The van der Waals surface area contributed by atoms with E-state index in [0.29, 0.717) is 11.3 Å². The van der Waals surface area contributed by atoms with Crippen LogP contribution in [0.15, 0.2) is 48.5 Å². The lowest BCUT2D eigenvalue weighted by Crippen LogP contribution is -2.38. The number of fused-ring (bicyclic) bond motifs is 1. The quantitative estimate of drug-likeness (QED) is 0.621. The lowest BCUT2D eigenvalue weighted by atomic mass is 9.96. The van der Waals surface area contributed by atoms with Gasteiger partial charge in [0.05, 0.1) is 0 Å². The lowest BCUT2D eigenvalue weighted by molar-refractivity contribution is -0.122. The fraction of sp³-hybridized carbons (Fsp3) is 0.320. The average molecular weight is 433 g/mol. The van der Waals surface area contributed by atoms with E-state index in [-0.39, 0.29) is 24.3 Å². The van der Waals surface area contributed by atoms with Gasteiger partial charge in [0.2, 0.25) is 5.91 Å². The SMILES string of the molecule is Cc1ccc(NC(=O)COc2cccc3ccc(N4CCC(C(N)=O)CC4)nc23)c(C)c1. The Balaban J connectivity index is 1.46. The molecule has 3 N–H and O–H groups in total. The van der Waals surface area contributed by atoms with Crippen molar-refractivity contribution in [2.24, 2.45) is 11.7 Å². The van der Waals surface area contributed by atoms with Gasteiger partial charge in [-0.05, 0) is 56.5 Å². The molecule has 0 bridgehead atoms. The van der Waals surface area contributed by atoms with Gasteiger partial charge < -0.3 is 20.7 Å². The first-order valence-corrected chi connectivity index (χ1v) is 10.8. The van der Waals surface area contributed by atoms with Gasteiger partial charge in [-0.25, -0.2) is 4.98 Å². The molecule has 2 aromatic carbocycles. The van der Waals surface area contributed by atoms with Crippen molar-refractivity contribution in [3.8, 4) is 5.75 Å². The van der Waals surface area contributed by atoms with Gasteiger partial charge in [0, 0.05) is 30.1 Å². The fourth-order valence-corrected chi connectivity index (χ4v) is 4.08. The van der Waals surface area contributed by atoms with E-state index < -0.39 is 0 Å². The summed E-state index contributed by atoms with van der Waals surface area (Å²) in [6.07, 6.45) is 1.46. The largest absolute Gasteiger partial charge is 0.481 e. The maximum atomic E-state index is 12.5. The van der Waals surface area contributed by atoms with Gasteiger partial charge in [0.25, 0.3) is 5.91 Å². The van der Waals surface area contributed by atoms with Crippen LogP contribution >= 0.6 is 0 Å². The van der Waals surface area contributed by atoms with Crippen LogP contribution in [0.4, 0.5) is 11.5 Å². The molecule has 32 heavy (non-hydrogen) atoms. The van der Waals surface area contributed by atoms with Crippen molar-refractivity contribution in [1.82, 2.24) is 4.98 Å². The monoisotopic (exact) mass is 432 g/mol. The summed E-state index contributed by atoms with van der Waals surface area (Å²) in [7, 11) is 0. The molecule has 1 aromatic heterocycles. The van der Waals surface area contributed by atoms with Crippen LogP contribution in [-0.4, -0.2) is 36.5 Å². The zero-order valence-corrected chi connectivity index (χ0v) is 18.4. The van der Waals surface area contributed by atoms with Crippen LogP contribution < -0.4 is 20.7 Å². The smallest absolute Gasteiger partial charge is 0.262 e. The van der Waals surface area contributed by atoms with E-state index in [0.717, 1.165) is 53.9 Å². The molecule has 0 atom stereocenters. The standard InChI is InChI=1S/C25H28N4O3/c1-16-6-8-20(17(2)14-16)27-23(30)15-32-21-5-3-4-18-7-9-22(28-24(18)21)29-12-10-19(11-13-29)25(26)31/h3-9,14,19H,10-13,15H2,1-2H3,(H2,26,31)(H,27,30). The highest BCUT2D eigenvalue weighted by molar-refractivity contribution is 5.93. The molecule has 1 saturated heterocycles. The first-order valence-electron chi connectivity index (χ1n) is 10.8. The third kappa shape index (κ3) is 4.82. The molecule has 2 heterocycles. The highest BCUT2D eigenvalue weighted by Gasteiger charge is 2.24. The van der Waals surface area contributed by atoms with E-state index in [1.54, 1.807) is 0 Å². The van der Waals surface area contributed by atoms with Crippen molar-refractivity contribution in [1.29, 1.82) is 0 Å². The highest BCUT2D eigenvalue weighted by Crippen LogP contribution is 2.28. The summed E-state index contributed by atoms with van der Waals surface area (Å²) in [6, 6.07) is 15.5. The third-order valence-electron chi connectivity index (χ3n) is 5.90. The number of nitrogens with two attached hydrogens (primary N) is 1. The van der Waals surface area contributed by atoms with Crippen LogP contribution in [0.3, 0.4) is 0 Å². The molecule has 0 aliphatic carbocycles. The number of nitrogens with zero attached hydrogens (tertiary/aromatic N) is 2. The van der Waals surface area contributed by atoms with Crippen molar-refractivity contribution in [3.63, 3.8) is 0 Å². The average Bonchev–Trinajstić information content (AvgIpc) is 2.79. The molecule has 1 aliphatic heterocycles. The molecular formula is C25H28N4O3. The number of benzene rings is 2. The van der Waals surface area contributed by atoms with E-state index >= 15 is 0 Å². The molecule has 1 aliphatic rings. The van der Waals surface area contributed by atoms with Crippen LogP contribution in [0.25, 0.3) is 10.9 Å². The van der Waals surface area contributed by atoms with Crippen molar-refractivity contribution in [2.75, 3.05) is 29.9 Å². The van der Waals surface area contributed by atoms with E-state index in [1.807, 2.05) is 62.4 Å². The molecule has 1 fully saturated rings. The molecule has 7 nitrogen and oxygen atoms in total. The number of amides is 2. The van der Waals surface area contributed by atoms with Gasteiger partial charge in [0.15, 0.2) is 6.61 Å². The van der Waals surface area contributed by atoms with Crippen LogP contribution in [0, 0.1) is 19.8 Å². The predicted octanol–water partition coefficient (Wildman–Crippen LogP) is 3.57. The summed E-state index contributed by atoms with van der Waals surface area (Å²) in [5, 5.41) is 3.84. The maximum Gasteiger partial charge on any atom is 0.262 e. The van der Waals surface area contributed by atoms with E-state index in [1.165, 1.54) is 0 Å². The predicted molar refractivity (Wildman–Crippen MR) is 126 cm³/mol. The topological polar surface area (TPSA) is 97.5 Å². The molecule has 0 saturated carbocycles. The number of hydrogen-bond acceptors (Lipinski definition) is 5. The Morgan fingerprint density at radius 2 is 1.91 bits per heavy atom. The number of carbonyl (C=O) groups excluding carboxylic acids is 2. The van der Waals surface area contributed by atoms with Crippen molar-refractivity contribution in [2.45, 2.75) is 26.7 Å². The number of ether oxygens (including phenoxy) is 1. The van der Waals surface area contributed by atoms with Crippen molar-refractivity contribution >= 4 is 34.2 Å². The number of rotatable bonds is 6. The number of para-hydroxylation sites is 1. The Morgan fingerprint density at radius 3 is 2.62 bits per heavy atom. The molecule has 7 heteroatoms. The lowest BCUT2D eigenvalue weighted by Gasteiger charge is -2.31. The summed E-state index contributed by atoms with van der Waals surface area (Å²) in [5.41, 5.74) is 9.09. The Bertz CT molecular complexity index is 1150. The number of aromatic nitrogens is 1. The number of carbonyl (C=O) groups is 2. The number of hydrogen-bond donors (Lipinski definition) is 2. The van der Waals surface area contributed by atoms with Gasteiger partial charge in [-0.15, -0.1) is 0 Å². The molecular weight excluding hydrogens is 404 g/mol. The summed E-state index contributed by atoms with van der Waals surface area (Å²) >= 11 is 0. The summed E-state index contributed by atoms with van der Waals surface area (Å²) in [4.78, 5) is 30.9. The molecule has 166 valence electrons. The van der Waals surface area contributed by atoms with Gasteiger partial charge in [-0.2, -0.15) is 0 Å². The van der Waals surface area contributed by atoms with Gasteiger partial charge in [-0.1, -0.05) is 29.8 Å². The Hall–Kier alpha value is -3.61. The Morgan fingerprint density at radius 1 is 1.12 bits per heavy atom. The third-order valence-corrected chi connectivity index (χ3v) is 5.90. The highest BCUT2D eigenvalue weighted by atomic mass is 16.5. The molecule has 2 amide bonds. The first kappa shape index (κ1) is 21.6. The number of primary amides is 1. The fourth-order valence-electron chi connectivity index (χ4n) is 4.08. The molecule has 3 aromatic rings. The second-order valence-corrected chi connectivity index (χ2v) is 8.32. The summed E-state index contributed by atoms with van der Waals surface area (Å²) < 4.78 is 5.85. The Kier molecular flexibility index (Phi) is 6.25. The number of piperidine rings is 1. The minimum absolute atomic E-state index is 0.0683. The van der Waals surface area contributed by atoms with Crippen molar-refractivity contribution in [3.05, 3.63) is 59.7 Å². The van der Waals surface area contributed by atoms with Gasteiger partial charge >= 0.3 is 0 Å². The second kappa shape index (κ2) is 9.26. The van der Waals surface area contributed by atoms with Gasteiger partial charge in [0.1, 0.15) is 17.1 Å². The minimum Gasteiger partial charge on any atom is -0.481 e. The van der Waals surface area contributed by atoms with Crippen LogP contribution in [0.5, 0.6) is 5.75 Å². The molecule has 0 spiro atoms. The number of anilines is 2.